The van der Waals surface area contributed by atoms with Crippen LogP contribution in [0.15, 0.2) is 42.5 Å². The number of amides is 1. The summed E-state index contributed by atoms with van der Waals surface area (Å²) < 4.78 is 11.1. The van der Waals surface area contributed by atoms with Crippen LogP contribution >= 0.6 is 11.6 Å². The van der Waals surface area contributed by atoms with Crippen LogP contribution in [0.4, 0.5) is 10.5 Å². The topological polar surface area (TPSA) is 45.2 Å². The first-order valence-electron chi connectivity index (χ1n) is 11.7. The van der Waals surface area contributed by atoms with Crippen LogP contribution in [0.5, 0.6) is 0 Å². The zero-order valence-electron chi connectivity index (χ0n) is 19.8. The van der Waals surface area contributed by atoms with Crippen molar-refractivity contribution in [2.45, 2.75) is 32.9 Å². The number of piperazine rings is 1. The maximum Gasteiger partial charge on any atom is 0.410 e. The zero-order chi connectivity index (χ0) is 23.4. The lowest BCUT2D eigenvalue weighted by Gasteiger charge is -2.36. The molecular weight excluding hydrogens is 438 g/mol. The quantitative estimate of drug-likeness (QED) is 0.634. The Morgan fingerprint density at radius 3 is 2.27 bits per heavy atom. The van der Waals surface area contributed by atoms with Gasteiger partial charge in [-0.05, 0) is 61.7 Å². The standard InChI is InChI=1S/C26H34ClN3O3/c1-26(2,3)33-25(31)30-12-10-28(11-13-30)19-21-18-23(29-14-16-32-17-15-29)8-9-24(21)20-4-6-22(27)7-5-20/h4-9,18H,10-17,19H2,1-3H3. The molecule has 0 aromatic heterocycles. The van der Waals surface area contributed by atoms with E-state index in [0.717, 1.165) is 56.5 Å². The minimum Gasteiger partial charge on any atom is -0.444 e. The normalized spacial score (nSPS) is 17.8. The van der Waals surface area contributed by atoms with E-state index in [1.807, 2.05) is 37.8 Å². The fourth-order valence-corrected chi connectivity index (χ4v) is 4.42. The number of nitrogens with zero attached hydrogens (tertiary/aromatic N) is 3. The van der Waals surface area contributed by atoms with Crippen molar-refractivity contribution in [1.82, 2.24) is 9.80 Å². The van der Waals surface area contributed by atoms with E-state index in [1.54, 1.807) is 0 Å². The first-order valence-corrected chi connectivity index (χ1v) is 12.1. The summed E-state index contributed by atoms with van der Waals surface area (Å²) in [5, 5.41) is 0.739. The van der Waals surface area contributed by atoms with Gasteiger partial charge in [-0.3, -0.25) is 4.90 Å². The molecule has 1 amide bonds. The Kier molecular flexibility index (Phi) is 7.47. The van der Waals surface area contributed by atoms with E-state index in [-0.39, 0.29) is 6.09 Å². The summed E-state index contributed by atoms with van der Waals surface area (Å²) in [7, 11) is 0. The minimum atomic E-state index is -0.471. The van der Waals surface area contributed by atoms with Crippen molar-refractivity contribution in [3.8, 4) is 11.1 Å². The molecule has 6 nitrogen and oxygen atoms in total. The zero-order valence-corrected chi connectivity index (χ0v) is 20.6. The predicted molar refractivity (Wildman–Crippen MR) is 133 cm³/mol. The lowest BCUT2D eigenvalue weighted by atomic mass is 9.98. The third-order valence-electron chi connectivity index (χ3n) is 6.04. The van der Waals surface area contributed by atoms with E-state index in [9.17, 15) is 4.79 Å². The third kappa shape index (κ3) is 6.40. The number of rotatable bonds is 4. The highest BCUT2D eigenvalue weighted by atomic mass is 35.5. The van der Waals surface area contributed by atoms with Crippen LogP contribution < -0.4 is 4.90 Å². The van der Waals surface area contributed by atoms with Gasteiger partial charge >= 0.3 is 6.09 Å². The van der Waals surface area contributed by atoms with Crippen molar-refractivity contribution in [3.63, 3.8) is 0 Å². The molecule has 0 bridgehead atoms. The maximum absolute atomic E-state index is 12.4. The molecule has 0 aliphatic carbocycles. The molecule has 178 valence electrons. The Morgan fingerprint density at radius 1 is 0.970 bits per heavy atom. The fraction of sp³-hybridized carbons (Fsp3) is 0.500. The van der Waals surface area contributed by atoms with Crippen LogP contribution in [-0.2, 0) is 16.0 Å². The average molecular weight is 472 g/mol. The number of ether oxygens (including phenoxy) is 2. The van der Waals surface area contributed by atoms with Crippen molar-refractivity contribution in [3.05, 3.63) is 53.1 Å². The van der Waals surface area contributed by atoms with Crippen molar-refractivity contribution >= 4 is 23.4 Å². The molecule has 0 unspecified atom stereocenters. The van der Waals surface area contributed by atoms with E-state index < -0.39 is 5.60 Å². The summed E-state index contributed by atoms with van der Waals surface area (Å²) in [6, 6.07) is 14.8. The second-order valence-electron chi connectivity index (χ2n) is 9.69. The number of hydrogen-bond acceptors (Lipinski definition) is 5. The average Bonchev–Trinajstić information content (AvgIpc) is 2.80. The van der Waals surface area contributed by atoms with E-state index in [1.165, 1.54) is 16.8 Å². The SMILES string of the molecule is CC(C)(C)OC(=O)N1CCN(Cc2cc(N3CCOCC3)ccc2-c2ccc(Cl)cc2)CC1. The minimum absolute atomic E-state index is 0.224. The summed E-state index contributed by atoms with van der Waals surface area (Å²) in [4.78, 5) is 19.0. The van der Waals surface area contributed by atoms with Gasteiger partial charge in [0.1, 0.15) is 5.60 Å². The first kappa shape index (κ1) is 23.9. The number of anilines is 1. The van der Waals surface area contributed by atoms with Crippen LogP contribution in [0.1, 0.15) is 26.3 Å². The summed E-state index contributed by atoms with van der Waals surface area (Å²) >= 11 is 6.13. The molecule has 7 heteroatoms. The van der Waals surface area contributed by atoms with Crippen molar-refractivity contribution in [1.29, 1.82) is 0 Å². The van der Waals surface area contributed by atoms with Crippen LogP contribution in [0.2, 0.25) is 5.02 Å². The molecule has 2 aliphatic heterocycles. The second-order valence-corrected chi connectivity index (χ2v) is 10.1. The summed E-state index contributed by atoms with van der Waals surface area (Å²) in [5.41, 5.74) is 4.43. The smallest absolute Gasteiger partial charge is 0.410 e. The largest absolute Gasteiger partial charge is 0.444 e. The lowest BCUT2D eigenvalue weighted by molar-refractivity contribution is 0.0139. The molecule has 2 aromatic carbocycles. The molecule has 0 spiro atoms. The molecule has 2 heterocycles. The molecular formula is C26H34ClN3O3. The maximum atomic E-state index is 12.4. The van der Waals surface area contributed by atoms with Crippen molar-refractivity contribution < 1.29 is 14.3 Å². The Bertz CT molecular complexity index is 944. The van der Waals surface area contributed by atoms with Gasteiger partial charge in [-0.15, -0.1) is 0 Å². The molecule has 0 atom stereocenters. The van der Waals surface area contributed by atoms with Gasteiger partial charge in [0.2, 0.25) is 0 Å². The summed E-state index contributed by atoms with van der Waals surface area (Å²) in [5.74, 6) is 0. The molecule has 2 fully saturated rings. The van der Waals surface area contributed by atoms with E-state index in [0.29, 0.717) is 13.1 Å². The molecule has 2 saturated heterocycles. The summed E-state index contributed by atoms with van der Waals surface area (Å²) in [6.07, 6.45) is -0.224. The third-order valence-corrected chi connectivity index (χ3v) is 6.29. The molecule has 0 N–H and O–H groups in total. The molecule has 0 radical (unpaired) electrons. The Morgan fingerprint density at radius 2 is 1.64 bits per heavy atom. The van der Waals surface area contributed by atoms with Crippen LogP contribution in [-0.4, -0.2) is 74.0 Å². The van der Waals surface area contributed by atoms with Crippen LogP contribution in [0, 0.1) is 0 Å². The second kappa shape index (κ2) is 10.3. The van der Waals surface area contributed by atoms with Crippen LogP contribution in [0.25, 0.3) is 11.1 Å². The van der Waals surface area contributed by atoms with Gasteiger partial charge in [0.05, 0.1) is 13.2 Å². The number of carbonyl (C=O) groups is 1. The summed E-state index contributed by atoms with van der Waals surface area (Å²) in [6.45, 7) is 12.9. The number of morpholine rings is 1. The number of benzene rings is 2. The van der Waals surface area contributed by atoms with Gasteiger partial charge in [0, 0.05) is 56.5 Å². The number of halogens is 1. The van der Waals surface area contributed by atoms with Gasteiger partial charge in [-0.2, -0.15) is 0 Å². The number of hydrogen-bond donors (Lipinski definition) is 0. The number of carbonyl (C=O) groups excluding carboxylic acids is 1. The molecule has 2 aliphatic rings. The van der Waals surface area contributed by atoms with Crippen molar-refractivity contribution in [2.75, 3.05) is 57.4 Å². The Hall–Kier alpha value is -2.28. The molecule has 4 rings (SSSR count). The van der Waals surface area contributed by atoms with Gasteiger partial charge in [0.25, 0.3) is 0 Å². The lowest BCUT2D eigenvalue weighted by Crippen LogP contribution is -2.49. The highest BCUT2D eigenvalue weighted by molar-refractivity contribution is 6.30. The highest BCUT2D eigenvalue weighted by Crippen LogP contribution is 2.30. The van der Waals surface area contributed by atoms with Gasteiger partial charge in [-0.25, -0.2) is 4.79 Å². The first-order chi connectivity index (χ1) is 15.8. The molecule has 0 saturated carbocycles. The van der Waals surface area contributed by atoms with Gasteiger partial charge in [-0.1, -0.05) is 29.8 Å². The van der Waals surface area contributed by atoms with Gasteiger partial charge < -0.3 is 19.3 Å². The highest BCUT2D eigenvalue weighted by Gasteiger charge is 2.26. The monoisotopic (exact) mass is 471 g/mol. The fourth-order valence-electron chi connectivity index (χ4n) is 4.30. The van der Waals surface area contributed by atoms with Crippen LogP contribution in [0.3, 0.4) is 0 Å². The Balaban J connectivity index is 1.50. The molecule has 2 aromatic rings. The van der Waals surface area contributed by atoms with Gasteiger partial charge in [0.15, 0.2) is 0 Å². The molecule has 33 heavy (non-hydrogen) atoms. The van der Waals surface area contributed by atoms with E-state index >= 15 is 0 Å². The predicted octanol–water partition coefficient (Wildman–Crippen LogP) is 4.90. The van der Waals surface area contributed by atoms with E-state index in [4.69, 9.17) is 21.1 Å². The van der Waals surface area contributed by atoms with Crippen molar-refractivity contribution in [2.24, 2.45) is 0 Å². The Labute approximate surface area is 202 Å². The van der Waals surface area contributed by atoms with E-state index in [2.05, 4.69) is 40.1 Å².